The van der Waals surface area contributed by atoms with Crippen molar-refractivity contribution >= 4 is 51.7 Å². The van der Waals surface area contributed by atoms with E-state index in [4.69, 9.17) is 33.0 Å². The maximum absolute atomic E-state index is 16.3. The number of anilines is 1. The highest BCUT2D eigenvalue weighted by molar-refractivity contribution is 6.31. The molecular weight excluding hydrogens is 594 g/mol. The van der Waals surface area contributed by atoms with Gasteiger partial charge in [0, 0.05) is 28.2 Å². The first-order chi connectivity index (χ1) is 20.8. The molecule has 1 amide bonds. The van der Waals surface area contributed by atoms with Crippen LogP contribution in [0.2, 0.25) is 10.0 Å². The Balaban J connectivity index is 1.44. The monoisotopic (exact) mass is 620 g/mol. The number of carbonyl (C=O) groups excluding carboxylic acids is 1. The molecule has 1 aliphatic carbocycles. The fraction of sp³-hybridized carbons (Fsp3) is 0.344. The molecule has 1 saturated heterocycles. The van der Waals surface area contributed by atoms with Crippen molar-refractivity contribution < 1.29 is 23.8 Å². The van der Waals surface area contributed by atoms with E-state index in [0.29, 0.717) is 33.1 Å². The van der Waals surface area contributed by atoms with Crippen LogP contribution >= 0.6 is 23.2 Å². The smallest absolute Gasteiger partial charge is 0.335 e. The lowest BCUT2D eigenvalue weighted by molar-refractivity contribution is -0.130. The predicted octanol–water partition coefficient (Wildman–Crippen LogP) is 6.76. The Morgan fingerprint density at radius 3 is 2.70 bits per heavy atom. The number of nitrogens with one attached hydrogen (secondary N) is 1. The number of benzene rings is 3. The standard InChI is InChI=1S/C32H27Cl2FN4O4/c33-17-10-12-21-24(14-17)36-31(42)32(21)26(20-7-4-8-22(34)27(20)35)28-25(38(32)18-5-2-1-3-6-18)15-43-29-19-11-9-16(30(40)41)13-23(19)37-39(28)29/h4,7-14,18,25-26,28H,1-3,5-6,15H2,(H,36,42)(H,40,41)/t25-,26-,28+,32+/m0/s1. The van der Waals surface area contributed by atoms with Gasteiger partial charge in [0.25, 0.3) is 0 Å². The molecule has 2 N–H and O–H groups in total. The molecule has 4 heterocycles. The van der Waals surface area contributed by atoms with E-state index in [0.717, 1.165) is 37.7 Å². The van der Waals surface area contributed by atoms with Crippen molar-refractivity contribution in [2.45, 2.75) is 61.7 Å². The van der Waals surface area contributed by atoms with E-state index in [-0.39, 0.29) is 35.2 Å². The third kappa shape index (κ3) is 3.68. The Labute approximate surface area is 256 Å². The van der Waals surface area contributed by atoms with Crippen LogP contribution in [0.4, 0.5) is 10.1 Å². The number of rotatable bonds is 3. The number of carboxylic acids is 1. The number of amides is 1. The minimum atomic E-state index is -1.31. The van der Waals surface area contributed by atoms with Gasteiger partial charge in [-0.25, -0.2) is 13.9 Å². The molecule has 220 valence electrons. The highest BCUT2D eigenvalue weighted by Crippen LogP contribution is 2.64. The van der Waals surface area contributed by atoms with Crippen LogP contribution in [0.3, 0.4) is 0 Å². The van der Waals surface area contributed by atoms with E-state index in [2.05, 4.69) is 10.2 Å². The van der Waals surface area contributed by atoms with Crippen LogP contribution < -0.4 is 10.1 Å². The van der Waals surface area contributed by atoms with Crippen LogP contribution in [0.5, 0.6) is 5.88 Å². The van der Waals surface area contributed by atoms with Crippen LogP contribution in [-0.4, -0.2) is 50.4 Å². The average molecular weight is 621 g/mol. The molecule has 1 saturated carbocycles. The predicted molar refractivity (Wildman–Crippen MR) is 160 cm³/mol. The van der Waals surface area contributed by atoms with Gasteiger partial charge in [-0.3, -0.25) is 9.69 Å². The second kappa shape index (κ2) is 9.67. The molecule has 4 aliphatic rings. The van der Waals surface area contributed by atoms with Crippen molar-refractivity contribution in [3.63, 3.8) is 0 Å². The maximum atomic E-state index is 16.3. The number of halogens is 3. The summed E-state index contributed by atoms with van der Waals surface area (Å²) in [6.45, 7) is 0.249. The number of aromatic nitrogens is 2. The number of hydrogen-bond acceptors (Lipinski definition) is 5. The molecule has 0 bridgehead atoms. The molecule has 3 aromatic carbocycles. The molecular formula is C32H27Cl2FN4O4. The molecule has 1 spiro atoms. The van der Waals surface area contributed by atoms with E-state index < -0.39 is 29.3 Å². The maximum Gasteiger partial charge on any atom is 0.335 e. The summed E-state index contributed by atoms with van der Waals surface area (Å²) in [7, 11) is 0. The first kappa shape index (κ1) is 26.9. The Morgan fingerprint density at radius 2 is 1.91 bits per heavy atom. The highest BCUT2D eigenvalue weighted by atomic mass is 35.5. The number of likely N-dealkylation sites (tertiary alicyclic amines) is 1. The van der Waals surface area contributed by atoms with E-state index in [9.17, 15) is 14.7 Å². The summed E-state index contributed by atoms with van der Waals surface area (Å²) in [6.07, 6.45) is 4.95. The number of ether oxygens (including phenoxy) is 1. The van der Waals surface area contributed by atoms with Crippen molar-refractivity contribution in [3.8, 4) is 5.88 Å². The molecule has 0 unspecified atom stereocenters. The largest absolute Gasteiger partial charge is 0.478 e. The van der Waals surface area contributed by atoms with Gasteiger partial charge >= 0.3 is 5.97 Å². The first-order valence-corrected chi connectivity index (χ1v) is 15.3. The SMILES string of the molecule is O=C(O)c1ccc2c3n(nc2c1)[C@@H]1[C@H](CO3)N(C2CCCCC2)[C@@]2(C(=O)Nc3cc(Cl)ccc32)[C@H]1c1cccc(Cl)c1F. The lowest BCUT2D eigenvalue weighted by atomic mass is 9.73. The third-order valence-electron chi connectivity index (χ3n) is 9.79. The fourth-order valence-corrected chi connectivity index (χ4v) is 8.56. The van der Waals surface area contributed by atoms with E-state index in [1.54, 1.807) is 35.0 Å². The number of aromatic carboxylic acids is 1. The van der Waals surface area contributed by atoms with Gasteiger partial charge < -0.3 is 15.2 Å². The molecule has 3 aliphatic heterocycles. The number of carbonyl (C=O) groups is 2. The molecule has 8 rings (SSSR count). The van der Waals surface area contributed by atoms with Crippen molar-refractivity contribution in [1.82, 2.24) is 14.7 Å². The van der Waals surface area contributed by atoms with E-state index in [1.807, 2.05) is 6.07 Å². The van der Waals surface area contributed by atoms with E-state index >= 15 is 4.39 Å². The van der Waals surface area contributed by atoms with Gasteiger partial charge in [-0.1, -0.05) is 60.7 Å². The Hall–Kier alpha value is -3.66. The van der Waals surface area contributed by atoms with Gasteiger partial charge in [-0.2, -0.15) is 5.10 Å². The summed E-state index contributed by atoms with van der Waals surface area (Å²) in [6, 6.07) is 14.2. The van der Waals surface area contributed by atoms with Gasteiger partial charge in [0.2, 0.25) is 11.8 Å². The summed E-state index contributed by atoms with van der Waals surface area (Å²) in [5, 5.41) is 18.7. The van der Waals surface area contributed by atoms with Gasteiger partial charge in [-0.15, -0.1) is 0 Å². The second-order valence-electron chi connectivity index (χ2n) is 11.9. The number of fused-ring (bicyclic) bond motifs is 7. The minimum absolute atomic E-state index is 0.0286. The summed E-state index contributed by atoms with van der Waals surface area (Å²) in [5.74, 6) is -2.18. The Morgan fingerprint density at radius 1 is 1.09 bits per heavy atom. The normalized spacial score (nSPS) is 26.7. The second-order valence-corrected chi connectivity index (χ2v) is 12.7. The zero-order valence-electron chi connectivity index (χ0n) is 22.9. The zero-order valence-corrected chi connectivity index (χ0v) is 24.4. The lowest BCUT2D eigenvalue weighted by Crippen LogP contribution is -2.57. The number of carboxylic acid groups (broad SMARTS) is 1. The van der Waals surface area contributed by atoms with Gasteiger partial charge in [-0.05, 0) is 54.8 Å². The number of nitrogens with zero attached hydrogens (tertiary/aromatic N) is 3. The van der Waals surface area contributed by atoms with Crippen molar-refractivity contribution in [1.29, 1.82) is 0 Å². The van der Waals surface area contributed by atoms with Gasteiger partial charge in [0.15, 0.2) is 0 Å². The van der Waals surface area contributed by atoms with Crippen molar-refractivity contribution in [3.05, 3.63) is 87.2 Å². The minimum Gasteiger partial charge on any atom is -0.478 e. The quantitative estimate of drug-likeness (QED) is 0.263. The van der Waals surface area contributed by atoms with Crippen LogP contribution in [0.1, 0.15) is 65.5 Å². The highest BCUT2D eigenvalue weighted by Gasteiger charge is 2.70. The Bertz CT molecular complexity index is 1840. The summed E-state index contributed by atoms with van der Waals surface area (Å²) in [4.78, 5) is 28.7. The summed E-state index contributed by atoms with van der Waals surface area (Å²) in [5.41, 5.74) is 0.897. The molecule has 4 atom stereocenters. The van der Waals surface area contributed by atoms with Crippen molar-refractivity contribution in [2.24, 2.45) is 0 Å². The molecule has 4 aromatic rings. The Kier molecular flexibility index (Phi) is 6.06. The molecule has 0 radical (unpaired) electrons. The lowest BCUT2D eigenvalue weighted by Gasteiger charge is -2.45. The van der Waals surface area contributed by atoms with Crippen LogP contribution in [0.25, 0.3) is 10.9 Å². The summed E-state index contributed by atoms with van der Waals surface area (Å²) < 4.78 is 24.5. The third-order valence-corrected chi connectivity index (χ3v) is 10.3. The van der Waals surface area contributed by atoms with Gasteiger partial charge in [0.05, 0.1) is 33.6 Å². The van der Waals surface area contributed by atoms with Crippen LogP contribution in [-0.2, 0) is 10.3 Å². The van der Waals surface area contributed by atoms with E-state index in [1.165, 1.54) is 18.2 Å². The van der Waals surface area contributed by atoms with Crippen molar-refractivity contribution in [2.75, 3.05) is 11.9 Å². The summed E-state index contributed by atoms with van der Waals surface area (Å²) >= 11 is 12.8. The molecule has 43 heavy (non-hydrogen) atoms. The number of hydrogen-bond donors (Lipinski definition) is 2. The first-order valence-electron chi connectivity index (χ1n) is 14.5. The topological polar surface area (TPSA) is 96.7 Å². The molecule has 2 fully saturated rings. The average Bonchev–Trinajstić information content (AvgIpc) is 3.62. The fourth-order valence-electron chi connectivity index (χ4n) is 8.21. The van der Waals surface area contributed by atoms with Gasteiger partial charge in [0.1, 0.15) is 18.0 Å². The molecule has 8 nitrogen and oxygen atoms in total. The van der Waals surface area contributed by atoms with Crippen LogP contribution in [0.15, 0.2) is 54.6 Å². The zero-order chi connectivity index (χ0) is 29.6. The molecule has 1 aromatic heterocycles. The molecule has 11 heteroatoms. The van der Waals surface area contributed by atoms with Crippen LogP contribution in [0, 0.1) is 5.82 Å².